The van der Waals surface area contributed by atoms with Crippen LogP contribution in [0.5, 0.6) is 0 Å². The number of rotatable bonds is 6. The van der Waals surface area contributed by atoms with Gasteiger partial charge in [-0.15, -0.1) is 10.2 Å². The number of aromatic nitrogens is 3. The normalized spacial score (nSPS) is 12.2. The maximum atomic E-state index is 12.5. The van der Waals surface area contributed by atoms with Crippen LogP contribution in [0.2, 0.25) is 0 Å². The number of nitrogens with zero attached hydrogens (tertiary/aromatic N) is 3. The van der Waals surface area contributed by atoms with Crippen molar-refractivity contribution in [2.75, 3.05) is 11.1 Å². The Morgan fingerprint density at radius 2 is 2.08 bits per heavy atom. The third-order valence-corrected chi connectivity index (χ3v) is 6.33. The molecular weight excluding hydrogens is 360 g/mol. The highest BCUT2D eigenvalue weighted by molar-refractivity contribution is 8.03. The summed E-state index contributed by atoms with van der Waals surface area (Å²) in [6, 6.07) is 9.53. The Bertz CT molecular complexity index is 847. The second-order valence-electron chi connectivity index (χ2n) is 4.89. The Morgan fingerprint density at radius 3 is 2.92 bits per heavy atom. The number of carbonyl (C=O) groups excluding carboxylic acids is 1. The molecule has 2 heterocycles. The lowest BCUT2D eigenvalue weighted by atomic mass is 10.2. The van der Waals surface area contributed by atoms with Crippen LogP contribution in [0, 0.1) is 0 Å². The van der Waals surface area contributed by atoms with Gasteiger partial charge in [0.2, 0.25) is 5.91 Å². The predicted molar refractivity (Wildman–Crippen MR) is 102 cm³/mol. The van der Waals surface area contributed by atoms with E-state index in [2.05, 4.69) is 27.4 Å². The van der Waals surface area contributed by atoms with Crippen LogP contribution < -0.4 is 5.32 Å². The van der Waals surface area contributed by atoms with Gasteiger partial charge in [-0.3, -0.25) is 9.78 Å². The molecule has 0 aliphatic carbocycles. The number of hydrogen-bond donors (Lipinski definition) is 1. The van der Waals surface area contributed by atoms with Gasteiger partial charge in [-0.2, -0.15) is 0 Å². The Morgan fingerprint density at radius 1 is 1.25 bits per heavy atom. The lowest BCUT2D eigenvalue weighted by Gasteiger charge is -2.12. The van der Waals surface area contributed by atoms with E-state index in [-0.39, 0.29) is 11.2 Å². The van der Waals surface area contributed by atoms with Gasteiger partial charge in [0.1, 0.15) is 0 Å². The molecule has 1 atom stereocenters. The number of benzene rings is 1. The molecule has 124 valence electrons. The van der Waals surface area contributed by atoms with Crippen molar-refractivity contribution in [1.29, 1.82) is 0 Å². The molecule has 0 saturated heterocycles. The molecule has 1 aromatic carbocycles. The molecular formula is C16H16N4OS3. The van der Waals surface area contributed by atoms with Crippen LogP contribution in [0.4, 0.5) is 5.69 Å². The minimum Gasteiger partial charge on any atom is -0.324 e. The number of nitrogens with one attached hydrogen (secondary N) is 1. The topological polar surface area (TPSA) is 67.8 Å². The van der Waals surface area contributed by atoms with Crippen LogP contribution in [0.1, 0.15) is 13.8 Å². The minimum atomic E-state index is -0.260. The van der Waals surface area contributed by atoms with Crippen molar-refractivity contribution in [1.82, 2.24) is 15.2 Å². The Hall–Kier alpha value is -1.64. The molecule has 0 fully saturated rings. The van der Waals surface area contributed by atoms with E-state index in [4.69, 9.17) is 0 Å². The SMILES string of the molecule is CCSc1nnc(S[C@@H](C)C(=O)Nc2cccc3ncccc23)s1. The highest BCUT2D eigenvalue weighted by Crippen LogP contribution is 2.31. The van der Waals surface area contributed by atoms with Crippen LogP contribution in [-0.2, 0) is 4.79 Å². The van der Waals surface area contributed by atoms with E-state index in [0.717, 1.165) is 31.0 Å². The largest absolute Gasteiger partial charge is 0.324 e. The summed E-state index contributed by atoms with van der Waals surface area (Å²) < 4.78 is 1.75. The number of anilines is 1. The van der Waals surface area contributed by atoms with Crippen molar-refractivity contribution in [2.45, 2.75) is 27.8 Å². The molecule has 0 unspecified atom stereocenters. The lowest BCUT2D eigenvalue weighted by molar-refractivity contribution is -0.115. The first kappa shape index (κ1) is 17.2. The summed E-state index contributed by atoms with van der Waals surface area (Å²) in [7, 11) is 0. The zero-order valence-corrected chi connectivity index (χ0v) is 15.7. The number of pyridine rings is 1. The van der Waals surface area contributed by atoms with Gasteiger partial charge in [0.05, 0.1) is 16.5 Å². The zero-order chi connectivity index (χ0) is 16.9. The summed E-state index contributed by atoms with van der Waals surface area (Å²) in [5.74, 6) is 0.904. The van der Waals surface area contributed by atoms with Crippen LogP contribution >= 0.6 is 34.9 Å². The Kier molecular flexibility index (Phi) is 5.70. The van der Waals surface area contributed by atoms with Crippen LogP contribution in [0.3, 0.4) is 0 Å². The molecule has 0 aliphatic heterocycles. The fourth-order valence-corrected chi connectivity index (χ4v) is 5.14. The maximum absolute atomic E-state index is 12.5. The van der Waals surface area contributed by atoms with E-state index in [0.29, 0.717) is 0 Å². The quantitative estimate of drug-likeness (QED) is 0.646. The molecule has 3 aromatic rings. The van der Waals surface area contributed by atoms with Crippen molar-refractivity contribution in [3.8, 4) is 0 Å². The number of thioether (sulfide) groups is 2. The summed E-state index contributed by atoms with van der Waals surface area (Å²) in [4.78, 5) is 16.8. The third kappa shape index (κ3) is 4.06. The third-order valence-electron chi connectivity index (χ3n) is 3.21. The van der Waals surface area contributed by atoms with E-state index in [9.17, 15) is 4.79 Å². The summed E-state index contributed by atoms with van der Waals surface area (Å²) in [6.45, 7) is 3.95. The molecule has 1 amide bonds. The van der Waals surface area contributed by atoms with Crippen molar-refractivity contribution in [3.63, 3.8) is 0 Å². The Labute approximate surface area is 152 Å². The first-order valence-electron chi connectivity index (χ1n) is 7.45. The van der Waals surface area contributed by atoms with E-state index >= 15 is 0 Å². The Balaban J connectivity index is 1.69. The predicted octanol–water partition coefficient (Wildman–Crippen LogP) is 4.32. The minimum absolute atomic E-state index is 0.0590. The second-order valence-corrected chi connectivity index (χ2v) is 8.97. The number of amides is 1. The van der Waals surface area contributed by atoms with Crippen LogP contribution in [-0.4, -0.2) is 32.1 Å². The molecule has 2 aromatic heterocycles. The molecule has 1 N–H and O–H groups in total. The van der Waals surface area contributed by atoms with Crippen LogP contribution in [0.25, 0.3) is 10.9 Å². The van der Waals surface area contributed by atoms with Crippen molar-refractivity contribution >= 4 is 57.4 Å². The first-order chi connectivity index (χ1) is 11.7. The second kappa shape index (κ2) is 7.96. The molecule has 0 bridgehead atoms. The summed E-state index contributed by atoms with van der Waals surface area (Å²) in [5, 5.41) is 11.9. The lowest BCUT2D eigenvalue weighted by Crippen LogP contribution is -2.22. The van der Waals surface area contributed by atoms with E-state index < -0.39 is 0 Å². The smallest absolute Gasteiger partial charge is 0.237 e. The summed E-state index contributed by atoms with van der Waals surface area (Å²) in [5.41, 5.74) is 1.64. The average Bonchev–Trinajstić information content (AvgIpc) is 3.02. The van der Waals surface area contributed by atoms with Gasteiger partial charge >= 0.3 is 0 Å². The van der Waals surface area contributed by atoms with Gasteiger partial charge in [0.25, 0.3) is 0 Å². The van der Waals surface area contributed by atoms with Crippen molar-refractivity contribution in [2.24, 2.45) is 0 Å². The van der Waals surface area contributed by atoms with Gasteiger partial charge in [-0.05, 0) is 36.9 Å². The van der Waals surface area contributed by atoms with Gasteiger partial charge in [-0.1, -0.05) is 47.9 Å². The molecule has 0 aliphatic rings. The highest BCUT2D eigenvalue weighted by Gasteiger charge is 2.18. The summed E-state index contributed by atoms with van der Waals surface area (Å²) in [6.07, 6.45) is 1.74. The fraction of sp³-hybridized carbons (Fsp3) is 0.250. The number of fused-ring (bicyclic) bond motifs is 1. The van der Waals surface area contributed by atoms with E-state index in [1.807, 2.05) is 37.3 Å². The van der Waals surface area contributed by atoms with Gasteiger partial charge in [-0.25, -0.2) is 0 Å². The molecule has 0 radical (unpaired) electrons. The van der Waals surface area contributed by atoms with E-state index in [1.165, 1.54) is 23.1 Å². The van der Waals surface area contributed by atoms with Gasteiger partial charge in [0, 0.05) is 11.6 Å². The molecule has 8 heteroatoms. The van der Waals surface area contributed by atoms with E-state index in [1.54, 1.807) is 18.0 Å². The van der Waals surface area contributed by atoms with Gasteiger partial charge in [0.15, 0.2) is 8.68 Å². The zero-order valence-electron chi connectivity index (χ0n) is 13.2. The van der Waals surface area contributed by atoms with Gasteiger partial charge < -0.3 is 5.32 Å². The fourth-order valence-electron chi connectivity index (χ4n) is 2.08. The van der Waals surface area contributed by atoms with Crippen LogP contribution in [0.15, 0.2) is 45.2 Å². The molecule has 0 saturated carbocycles. The van der Waals surface area contributed by atoms with Crippen molar-refractivity contribution in [3.05, 3.63) is 36.5 Å². The summed E-state index contributed by atoms with van der Waals surface area (Å²) >= 11 is 4.61. The maximum Gasteiger partial charge on any atom is 0.237 e. The van der Waals surface area contributed by atoms with Crippen molar-refractivity contribution < 1.29 is 4.79 Å². The monoisotopic (exact) mass is 376 g/mol. The molecule has 24 heavy (non-hydrogen) atoms. The first-order valence-corrected chi connectivity index (χ1v) is 10.1. The average molecular weight is 377 g/mol. The number of hydrogen-bond acceptors (Lipinski definition) is 7. The molecule has 0 spiro atoms. The molecule has 5 nitrogen and oxygen atoms in total. The standard InChI is InChI=1S/C16H16N4OS3/c1-3-22-15-19-20-16(24-15)23-10(2)14(21)18-13-8-4-7-12-11(13)6-5-9-17-12/h4-10H,3H2,1-2H3,(H,18,21)/t10-/m0/s1. The highest BCUT2D eigenvalue weighted by atomic mass is 32.2. The number of carbonyl (C=O) groups is 1. The molecule has 3 rings (SSSR count).